The fraction of sp³-hybridized carbons (Fsp3) is 0.154. The predicted molar refractivity (Wildman–Crippen MR) is 133 cm³/mol. The van der Waals surface area contributed by atoms with Crippen molar-refractivity contribution in [1.29, 1.82) is 5.41 Å². The first kappa shape index (κ1) is 23.2. The quantitative estimate of drug-likeness (QED) is 0.249. The molecule has 0 aliphatic carbocycles. The molecule has 0 fully saturated rings. The Labute approximate surface area is 204 Å². The summed E-state index contributed by atoms with van der Waals surface area (Å²) >= 11 is 0. The van der Waals surface area contributed by atoms with Gasteiger partial charge in [0, 0.05) is 35.3 Å². The number of aromatic carboxylic acids is 1. The Morgan fingerprint density at radius 2 is 1.94 bits per heavy atom. The standard InChI is InChI=1S/C26H21F2N5O3/c27-26(28)36-18-5-8-22-14(11-18)2-1-9-33(22)24-23(15-3-6-19(30)17(10-15)13-29)31-20-7-4-16(25(34)35)12-21(20)32-24/h3-8,10-13,26,29H,1-2,9,30H2,(H,34,35). The highest BCUT2D eigenvalue weighted by molar-refractivity contribution is 5.95. The zero-order valence-electron chi connectivity index (χ0n) is 18.9. The zero-order valence-corrected chi connectivity index (χ0v) is 18.9. The van der Waals surface area contributed by atoms with Crippen molar-refractivity contribution in [2.24, 2.45) is 0 Å². The Balaban J connectivity index is 1.72. The van der Waals surface area contributed by atoms with Gasteiger partial charge in [0.2, 0.25) is 0 Å². The van der Waals surface area contributed by atoms with Crippen molar-refractivity contribution in [3.8, 4) is 17.0 Å². The summed E-state index contributed by atoms with van der Waals surface area (Å²) in [6.45, 7) is -2.34. The molecule has 0 atom stereocenters. The maximum absolute atomic E-state index is 12.7. The molecule has 0 amide bonds. The molecule has 0 spiro atoms. The van der Waals surface area contributed by atoms with Crippen LogP contribution >= 0.6 is 0 Å². The van der Waals surface area contributed by atoms with Crippen molar-refractivity contribution in [3.05, 3.63) is 71.3 Å². The minimum absolute atomic E-state index is 0.0793. The minimum Gasteiger partial charge on any atom is -0.478 e. The number of alkyl halides is 2. The van der Waals surface area contributed by atoms with Crippen LogP contribution in [-0.4, -0.2) is 40.4 Å². The van der Waals surface area contributed by atoms with E-state index < -0.39 is 12.6 Å². The topological polar surface area (TPSA) is 125 Å². The smallest absolute Gasteiger partial charge is 0.387 e. The van der Waals surface area contributed by atoms with Crippen LogP contribution in [0.25, 0.3) is 22.3 Å². The number of aryl methyl sites for hydroxylation is 1. The van der Waals surface area contributed by atoms with Crippen molar-refractivity contribution in [1.82, 2.24) is 9.97 Å². The van der Waals surface area contributed by atoms with Crippen molar-refractivity contribution in [2.75, 3.05) is 17.2 Å². The van der Waals surface area contributed by atoms with Crippen molar-refractivity contribution in [2.45, 2.75) is 19.5 Å². The number of rotatable bonds is 6. The van der Waals surface area contributed by atoms with Crippen molar-refractivity contribution < 1.29 is 23.4 Å². The number of aromatic nitrogens is 2. The molecule has 2 heterocycles. The van der Waals surface area contributed by atoms with E-state index >= 15 is 0 Å². The van der Waals surface area contributed by atoms with E-state index in [2.05, 4.69) is 4.74 Å². The van der Waals surface area contributed by atoms with Gasteiger partial charge in [-0.15, -0.1) is 0 Å². The third-order valence-corrected chi connectivity index (χ3v) is 6.06. The molecular formula is C26H21F2N5O3. The van der Waals surface area contributed by atoms with Gasteiger partial charge < -0.3 is 25.9 Å². The van der Waals surface area contributed by atoms with Crippen LogP contribution in [0.2, 0.25) is 0 Å². The fourth-order valence-electron chi connectivity index (χ4n) is 4.38. The summed E-state index contributed by atoms with van der Waals surface area (Å²) in [6, 6.07) is 14.6. The average Bonchev–Trinajstić information content (AvgIpc) is 2.87. The third kappa shape index (κ3) is 4.28. The van der Waals surface area contributed by atoms with E-state index in [1.54, 1.807) is 36.4 Å². The van der Waals surface area contributed by atoms with E-state index in [-0.39, 0.29) is 11.3 Å². The Bertz CT molecular complexity index is 1510. The molecule has 3 aromatic carbocycles. The molecule has 0 bridgehead atoms. The molecular weight excluding hydrogens is 468 g/mol. The van der Waals surface area contributed by atoms with Crippen LogP contribution in [-0.2, 0) is 6.42 Å². The van der Waals surface area contributed by atoms with Crippen LogP contribution in [0.3, 0.4) is 0 Å². The number of halogens is 2. The van der Waals surface area contributed by atoms with Crippen LogP contribution in [0.15, 0.2) is 54.6 Å². The molecule has 0 radical (unpaired) electrons. The van der Waals surface area contributed by atoms with E-state index in [0.717, 1.165) is 23.9 Å². The third-order valence-electron chi connectivity index (χ3n) is 6.06. The molecule has 4 N–H and O–H groups in total. The van der Waals surface area contributed by atoms with Crippen LogP contribution in [0.1, 0.15) is 27.9 Å². The van der Waals surface area contributed by atoms with Crippen LogP contribution in [0, 0.1) is 5.41 Å². The molecule has 4 aromatic rings. The molecule has 1 aromatic heterocycles. The number of nitrogens with one attached hydrogen (secondary N) is 1. The van der Waals surface area contributed by atoms with Gasteiger partial charge >= 0.3 is 12.6 Å². The number of benzene rings is 3. The van der Waals surface area contributed by atoms with Gasteiger partial charge in [-0.05, 0) is 66.9 Å². The van der Waals surface area contributed by atoms with E-state index in [4.69, 9.17) is 21.1 Å². The van der Waals surface area contributed by atoms with Crippen molar-refractivity contribution in [3.63, 3.8) is 0 Å². The highest BCUT2D eigenvalue weighted by Gasteiger charge is 2.25. The first-order valence-corrected chi connectivity index (χ1v) is 11.1. The summed E-state index contributed by atoms with van der Waals surface area (Å²) < 4.78 is 30.1. The van der Waals surface area contributed by atoms with E-state index in [0.29, 0.717) is 52.3 Å². The summed E-state index contributed by atoms with van der Waals surface area (Å²) in [4.78, 5) is 23.1. The van der Waals surface area contributed by atoms with Gasteiger partial charge in [0.25, 0.3) is 0 Å². The van der Waals surface area contributed by atoms with Gasteiger partial charge in [-0.2, -0.15) is 8.78 Å². The lowest BCUT2D eigenvalue weighted by Gasteiger charge is -2.32. The molecule has 1 aliphatic rings. The van der Waals surface area contributed by atoms with Crippen LogP contribution in [0.4, 0.5) is 26.0 Å². The lowest BCUT2D eigenvalue weighted by atomic mass is 10.00. The predicted octanol–water partition coefficient (Wildman–Crippen LogP) is 5.26. The van der Waals surface area contributed by atoms with E-state index in [1.165, 1.54) is 18.2 Å². The summed E-state index contributed by atoms with van der Waals surface area (Å²) in [7, 11) is 0. The summed E-state index contributed by atoms with van der Waals surface area (Å²) in [5, 5.41) is 17.1. The number of carboxylic acids is 1. The van der Waals surface area contributed by atoms with Gasteiger partial charge in [0.05, 0.1) is 16.6 Å². The number of anilines is 3. The van der Waals surface area contributed by atoms with Gasteiger partial charge in [-0.25, -0.2) is 14.8 Å². The molecule has 0 saturated carbocycles. The van der Waals surface area contributed by atoms with Gasteiger partial charge in [-0.1, -0.05) is 6.07 Å². The molecule has 1 aliphatic heterocycles. The molecule has 8 nitrogen and oxygen atoms in total. The molecule has 10 heteroatoms. The number of ether oxygens (including phenoxy) is 1. The SMILES string of the molecule is N=Cc1cc(-c2nc3ccc(C(=O)O)cc3nc2N2CCCc3cc(OC(F)F)ccc32)ccc1N. The molecule has 182 valence electrons. The molecule has 0 saturated heterocycles. The summed E-state index contributed by atoms with van der Waals surface area (Å²) in [5.74, 6) is -0.515. The highest BCUT2D eigenvalue weighted by Crippen LogP contribution is 2.40. The zero-order chi connectivity index (χ0) is 25.4. The van der Waals surface area contributed by atoms with Crippen LogP contribution < -0.4 is 15.4 Å². The number of nitrogens with zero attached hydrogens (tertiary/aromatic N) is 3. The Morgan fingerprint density at radius 3 is 2.69 bits per heavy atom. The second-order valence-electron chi connectivity index (χ2n) is 8.32. The first-order chi connectivity index (χ1) is 17.3. The number of nitrogen functional groups attached to an aromatic ring is 1. The number of fused-ring (bicyclic) bond motifs is 2. The highest BCUT2D eigenvalue weighted by atomic mass is 19.3. The molecule has 5 rings (SSSR count). The monoisotopic (exact) mass is 489 g/mol. The summed E-state index contributed by atoms with van der Waals surface area (Å²) in [6.07, 6.45) is 2.56. The number of nitrogens with two attached hydrogens (primary N) is 1. The maximum Gasteiger partial charge on any atom is 0.387 e. The second kappa shape index (κ2) is 9.21. The first-order valence-electron chi connectivity index (χ1n) is 11.1. The Kier molecular flexibility index (Phi) is 5.93. The number of carboxylic acid groups (broad SMARTS) is 1. The van der Waals surface area contributed by atoms with Crippen LogP contribution in [0.5, 0.6) is 5.75 Å². The summed E-state index contributed by atoms with van der Waals surface area (Å²) in [5.41, 5.74) is 10.8. The Morgan fingerprint density at radius 1 is 1.11 bits per heavy atom. The Hall–Kier alpha value is -4.60. The second-order valence-corrected chi connectivity index (χ2v) is 8.32. The average molecular weight is 489 g/mol. The number of hydrogen-bond donors (Lipinski definition) is 3. The lowest BCUT2D eigenvalue weighted by molar-refractivity contribution is -0.0498. The molecule has 0 unspecified atom stereocenters. The lowest BCUT2D eigenvalue weighted by Crippen LogP contribution is -2.26. The van der Waals surface area contributed by atoms with Crippen molar-refractivity contribution >= 4 is 40.4 Å². The van der Waals surface area contributed by atoms with Gasteiger partial charge in [0.1, 0.15) is 11.4 Å². The normalized spacial score (nSPS) is 13.0. The van der Waals surface area contributed by atoms with Gasteiger partial charge in [-0.3, -0.25) is 0 Å². The largest absolute Gasteiger partial charge is 0.478 e. The fourth-order valence-corrected chi connectivity index (χ4v) is 4.38. The number of hydrogen-bond acceptors (Lipinski definition) is 7. The molecule has 36 heavy (non-hydrogen) atoms. The van der Waals surface area contributed by atoms with E-state index in [9.17, 15) is 18.7 Å². The number of carbonyl (C=O) groups is 1. The maximum atomic E-state index is 12.7. The van der Waals surface area contributed by atoms with E-state index in [1.807, 2.05) is 4.90 Å². The van der Waals surface area contributed by atoms with Gasteiger partial charge in [0.15, 0.2) is 5.82 Å². The minimum atomic E-state index is -2.92.